The van der Waals surface area contributed by atoms with Crippen LogP contribution in [0, 0.1) is 0 Å². The van der Waals surface area contributed by atoms with E-state index in [0.717, 1.165) is 0 Å². The molecule has 1 amide bonds. The van der Waals surface area contributed by atoms with Crippen molar-refractivity contribution in [1.29, 1.82) is 0 Å². The van der Waals surface area contributed by atoms with E-state index in [0.29, 0.717) is 33.3 Å². The van der Waals surface area contributed by atoms with Crippen LogP contribution in [-0.2, 0) is 0 Å². The van der Waals surface area contributed by atoms with Gasteiger partial charge in [-0.2, -0.15) is 0 Å². The quantitative estimate of drug-likeness (QED) is 0.764. The number of methoxy groups -OCH3 is 1. The van der Waals surface area contributed by atoms with E-state index in [9.17, 15) is 9.59 Å². The van der Waals surface area contributed by atoms with E-state index in [1.807, 2.05) is 13.8 Å². The number of nitrogens with one attached hydrogen (secondary N) is 1. The van der Waals surface area contributed by atoms with E-state index in [1.54, 1.807) is 36.4 Å². The van der Waals surface area contributed by atoms with Crippen molar-refractivity contribution >= 4 is 29.0 Å². The molecule has 0 bridgehead atoms. The summed E-state index contributed by atoms with van der Waals surface area (Å²) in [6, 6.07) is 9.79. The van der Waals surface area contributed by atoms with Gasteiger partial charge in [0, 0.05) is 16.8 Å². The van der Waals surface area contributed by atoms with Crippen molar-refractivity contribution in [1.82, 2.24) is 0 Å². The van der Waals surface area contributed by atoms with Crippen LogP contribution in [0.3, 0.4) is 0 Å². The molecular weight excluding hydrogens is 342 g/mol. The van der Waals surface area contributed by atoms with Crippen LogP contribution in [-0.4, -0.2) is 24.9 Å². The fourth-order valence-electron chi connectivity index (χ4n) is 2.18. The SMILES string of the molecule is COc1cc(C(=O)Nc2ccc(C(C)=O)cc2)cc(OC(C)C)c1Cl. The predicted octanol–water partition coefficient (Wildman–Crippen LogP) is 4.59. The van der Waals surface area contributed by atoms with Gasteiger partial charge in [0.1, 0.15) is 16.5 Å². The Morgan fingerprint density at radius 2 is 1.64 bits per heavy atom. The Kier molecular flexibility index (Phi) is 6.04. The molecule has 0 aliphatic carbocycles. The Morgan fingerprint density at radius 3 is 2.16 bits per heavy atom. The van der Waals surface area contributed by atoms with Crippen molar-refractivity contribution in [3.8, 4) is 11.5 Å². The average molecular weight is 362 g/mol. The number of carbonyl (C=O) groups excluding carboxylic acids is 2. The fourth-order valence-corrected chi connectivity index (χ4v) is 2.41. The summed E-state index contributed by atoms with van der Waals surface area (Å²) in [5, 5.41) is 3.09. The second-order valence-corrected chi connectivity index (χ2v) is 6.12. The molecule has 132 valence electrons. The lowest BCUT2D eigenvalue weighted by atomic mass is 10.1. The maximum Gasteiger partial charge on any atom is 0.255 e. The van der Waals surface area contributed by atoms with Crippen LogP contribution in [0.1, 0.15) is 41.5 Å². The van der Waals surface area contributed by atoms with Gasteiger partial charge in [-0.05, 0) is 57.2 Å². The predicted molar refractivity (Wildman–Crippen MR) is 98.2 cm³/mol. The first kappa shape index (κ1) is 18.8. The summed E-state index contributed by atoms with van der Waals surface area (Å²) in [7, 11) is 1.47. The molecule has 5 nitrogen and oxygen atoms in total. The highest BCUT2D eigenvalue weighted by Gasteiger charge is 2.16. The molecule has 0 radical (unpaired) electrons. The number of hydrogen-bond acceptors (Lipinski definition) is 4. The molecule has 2 aromatic rings. The molecule has 0 aliphatic heterocycles. The highest BCUT2D eigenvalue weighted by molar-refractivity contribution is 6.33. The van der Waals surface area contributed by atoms with Gasteiger partial charge in [0.25, 0.3) is 5.91 Å². The number of ketones is 1. The average Bonchev–Trinajstić information content (AvgIpc) is 2.56. The summed E-state index contributed by atoms with van der Waals surface area (Å²) in [6.07, 6.45) is -0.0976. The summed E-state index contributed by atoms with van der Waals surface area (Å²) >= 11 is 6.22. The first-order chi connectivity index (χ1) is 11.8. The van der Waals surface area contributed by atoms with Gasteiger partial charge in [-0.1, -0.05) is 11.6 Å². The van der Waals surface area contributed by atoms with E-state index in [-0.39, 0.29) is 17.8 Å². The van der Waals surface area contributed by atoms with Crippen LogP contribution in [0.2, 0.25) is 5.02 Å². The Labute approximate surface area is 151 Å². The topological polar surface area (TPSA) is 64.6 Å². The zero-order valence-corrected chi connectivity index (χ0v) is 15.3. The molecular formula is C19H20ClNO4. The number of amides is 1. The largest absolute Gasteiger partial charge is 0.495 e. The van der Waals surface area contributed by atoms with E-state index in [2.05, 4.69) is 5.32 Å². The van der Waals surface area contributed by atoms with E-state index in [1.165, 1.54) is 14.0 Å². The molecule has 0 fully saturated rings. The number of hydrogen-bond donors (Lipinski definition) is 1. The Bertz CT molecular complexity index is 785. The lowest BCUT2D eigenvalue weighted by Crippen LogP contribution is -2.13. The molecule has 1 N–H and O–H groups in total. The number of Topliss-reactive ketones (excluding diaryl/α,β-unsaturated/α-hetero) is 1. The van der Waals surface area contributed by atoms with Crippen molar-refractivity contribution in [3.05, 3.63) is 52.5 Å². The van der Waals surface area contributed by atoms with Crippen LogP contribution in [0.5, 0.6) is 11.5 Å². The highest BCUT2D eigenvalue weighted by Crippen LogP contribution is 2.36. The third kappa shape index (κ3) is 4.73. The zero-order chi connectivity index (χ0) is 18.6. The van der Waals surface area contributed by atoms with Gasteiger partial charge in [-0.15, -0.1) is 0 Å². The van der Waals surface area contributed by atoms with Crippen LogP contribution >= 0.6 is 11.6 Å². The molecule has 2 aromatic carbocycles. The summed E-state index contributed by atoms with van der Waals surface area (Å²) < 4.78 is 10.9. The summed E-state index contributed by atoms with van der Waals surface area (Å²) in [4.78, 5) is 23.8. The van der Waals surface area contributed by atoms with Gasteiger partial charge in [0.05, 0.1) is 13.2 Å². The minimum atomic E-state index is -0.334. The lowest BCUT2D eigenvalue weighted by molar-refractivity contribution is 0.101. The van der Waals surface area contributed by atoms with Crippen molar-refractivity contribution in [3.63, 3.8) is 0 Å². The van der Waals surface area contributed by atoms with Gasteiger partial charge in [-0.3, -0.25) is 9.59 Å². The first-order valence-electron chi connectivity index (χ1n) is 7.78. The van der Waals surface area contributed by atoms with Crippen molar-refractivity contribution in [2.75, 3.05) is 12.4 Å². The molecule has 0 unspecified atom stereocenters. The fraction of sp³-hybridized carbons (Fsp3) is 0.263. The van der Waals surface area contributed by atoms with E-state index >= 15 is 0 Å². The standard InChI is InChI=1S/C19H20ClNO4/c1-11(2)25-17-10-14(9-16(24-4)18(17)20)19(23)21-15-7-5-13(6-8-15)12(3)22/h5-11H,1-4H3,(H,21,23). The van der Waals surface area contributed by atoms with Gasteiger partial charge >= 0.3 is 0 Å². The number of halogens is 1. The van der Waals surface area contributed by atoms with Crippen LogP contribution in [0.4, 0.5) is 5.69 Å². The molecule has 0 aromatic heterocycles. The first-order valence-corrected chi connectivity index (χ1v) is 8.16. The maximum atomic E-state index is 12.5. The van der Waals surface area contributed by atoms with Crippen molar-refractivity contribution in [2.45, 2.75) is 26.9 Å². The number of carbonyl (C=O) groups is 2. The second kappa shape index (κ2) is 8.03. The molecule has 0 heterocycles. The Hall–Kier alpha value is -2.53. The summed E-state index contributed by atoms with van der Waals surface area (Å²) in [5.74, 6) is 0.375. The lowest BCUT2D eigenvalue weighted by Gasteiger charge is -2.15. The van der Waals surface area contributed by atoms with Crippen LogP contribution < -0.4 is 14.8 Å². The molecule has 0 saturated carbocycles. The van der Waals surface area contributed by atoms with Crippen LogP contribution in [0.25, 0.3) is 0 Å². The van der Waals surface area contributed by atoms with Crippen molar-refractivity contribution < 1.29 is 19.1 Å². The minimum absolute atomic E-state index is 0.0317. The normalized spacial score (nSPS) is 10.5. The zero-order valence-electron chi connectivity index (χ0n) is 14.6. The molecule has 25 heavy (non-hydrogen) atoms. The number of anilines is 1. The van der Waals surface area contributed by atoms with Gasteiger partial charge in [-0.25, -0.2) is 0 Å². The maximum absolute atomic E-state index is 12.5. The molecule has 0 atom stereocenters. The Morgan fingerprint density at radius 1 is 1.04 bits per heavy atom. The number of rotatable bonds is 6. The molecule has 0 aliphatic rings. The van der Waals surface area contributed by atoms with Crippen molar-refractivity contribution in [2.24, 2.45) is 0 Å². The van der Waals surface area contributed by atoms with E-state index in [4.69, 9.17) is 21.1 Å². The van der Waals surface area contributed by atoms with E-state index < -0.39 is 0 Å². The number of ether oxygens (including phenoxy) is 2. The molecule has 0 spiro atoms. The monoisotopic (exact) mass is 361 g/mol. The smallest absolute Gasteiger partial charge is 0.255 e. The summed E-state index contributed by atoms with van der Waals surface area (Å²) in [5.41, 5.74) is 1.52. The molecule has 0 saturated heterocycles. The molecule has 6 heteroatoms. The summed E-state index contributed by atoms with van der Waals surface area (Å²) in [6.45, 7) is 5.22. The van der Waals surface area contributed by atoms with Gasteiger partial charge in [0.2, 0.25) is 0 Å². The minimum Gasteiger partial charge on any atom is -0.495 e. The Balaban J connectivity index is 2.27. The third-order valence-corrected chi connectivity index (χ3v) is 3.77. The second-order valence-electron chi connectivity index (χ2n) is 5.74. The third-order valence-electron chi connectivity index (χ3n) is 3.40. The van der Waals surface area contributed by atoms with Gasteiger partial charge < -0.3 is 14.8 Å². The van der Waals surface area contributed by atoms with Gasteiger partial charge in [0.15, 0.2) is 5.78 Å². The molecule has 2 rings (SSSR count). The highest BCUT2D eigenvalue weighted by atomic mass is 35.5. The number of benzene rings is 2. The van der Waals surface area contributed by atoms with Crippen LogP contribution in [0.15, 0.2) is 36.4 Å².